The lowest BCUT2D eigenvalue weighted by molar-refractivity contribution is -0.274. The van der Waals surface area contributed by atoms with Crippen molar-refractivity contribution in [3.63, 3.8) is 0 Å². The zero-order valence-electron chi connectivity index (χ0n) is 9.49. The van der Waals surface area contributed by atoms with Gasteiger partial charge in [-0.25, -0.2) is 0 Å². The molecule has 0 unspecified atom stereocenters. The molecule has 0 amide bonds. The SMILES string of the molecule is Cc1cc(Cc2cccc(OC(F)(F)F)c2)no1. The summed E-state index contributed by atoms with van der Waals surface area (Å²) in [7, 11) is 0. The first-order chi connectivity index (χ1) is 8.42. The molecule has 96 valence electrons. The number of aryl methyl sites for hydroxylation is 1. The number of halogens is 3. The highest BCUT2D eigenvalue weighted by molar-refractivity contribution is 5.31. The molecule has 3 nitrogen and oxygen atoms in total. The zero-order chi connectivity index (χ0) is 13.2. The van der Waals surface area contributed by atoms with Gasteiger partial charge in [-0.15, -0.1) is 13.2 Å². The second-order valence-electron chi connectivity index (χ2n) is 3.80. The van der Waals surface area contributed by atoms with Gasteiger partial charge in [-0.05, 0) is 24.6 Å². The van der Waals surface area contributed by atoms with Crippen LogP contribution in [0.2, 0.25) is 0 Å². The summed E-state index contributed by atoms with van der Waals surface area (Å²) >= 11 is 0. The van der Waals surface area contributed by atoms with Crippen molar-refractivity contribution in [2.24, 2.45) is 0 Å². The van der Waals surface area contributed by atoms with Crippen molar-refractivity contribution in [2.75, 3.05) is 0 Å². The van der Waals surface area contributed by atoms with Crippen LogP contribution in [0.4, 0.5) is 13.2 Å². The normalized spacial score (nSPS) is 11.6. The third-order valence-electron chi connectivity index (χ3n) is 2.19. The molecule has 6 heteroatoms. The minimum atomic E-state index is -4.68. The standard InChI is InChI=1S/C12H10F3NO2/c1-8-5-10(16-18-8)6-9-3-2-4-11(7-9)17-12(13,14)15/h2-5,7H,6H2,1H3. The van der Waals surface area contributed by atoms with E-state index < -0.39 is 6.36 Å². The van der Waals surface area contributed by atoms with Crippen LogP contribution in [0.5, 0.6) is 5.75 Å². The van der Waals surface area contributed by atoms with E-state index in [2.05, 4.69) is 9.89 Å². The molecule has 0 saturated carbocycles. The molecule has 0 aliphatic carbocycles. The van der Waals surface area contributed by atoms with E-state index in [0.29, 0.717) is 23.4 Å². The van der Waals surface area contributed by atoms with Crippen LogP contribution in [0.15, 0.2) is 34.9 Å². The lowest BCUT2D eigenvalue weighted by Crippen LogP contribution is -2.17. The average Bonchev–Trinajstić information content (AvgIpc) is 2.62. The second kappa shape index (κ2) is 4.72. The van der Waals surface area contributed by atoms with Gasteiger partial charge in [0.25, 0.3) is 0 Å². The lowest BCUT2D eigenvalue weighted by Gasteiger charge is -2.09. The molecule has 18 heavy (non-hydrogen) atoms. The Morgan fingerprint density at radius 1 is 1.28 bits per heavy atom. The van der Waals surface area contributed by atoms with Crippen LogP contribution >= 0.6 is 0 Å². The van der Waals surface area contributed by atoms with Crippen molar-refractivity contribution in [1.82, 2.24) is 5.16 Å². The third-order valence-corrected chi connectivity index (χ3v) is 2.19. The smallest absolute Gasteiger partial charge is 0.406 e. The Labute approximate surface area is 101 Å². The van der Waals surface area contributed by atoms with Crippen LogP contribution in [-0.2, 0) is 6.42 Å². The number of hydrogen-bond acceptors (Lipinski definition) is 3. The molecule has 1 aromatic heterocycles. The van der Waals surface area contributed by atoms with Gasteiger partial charge < -0.3 is 9.26 Å². The molecule has 0 aliphatic heterocycles. The molecule has 0 bridgehead atoms. The van der Waals surface area contributed by atoms with Gasteiger partial charge in [0.15, 0.2) is 0 Å². The summed E-state index contributed by atoms with van der Waals surface area (Å²) in [5, 5.41) is 3.78. The summed E-state index contributed by atoms with van der Waals surface area (Å²) in [4.78, 5) is 0. The predicted molar refractivity (Wildman–Crippen MR) is 57.2 cm³/mol. The fourth-order valence-corrected chi connectivity index (χ4v) is 1.56. The molecule has 2 rings (SSSR count). The van der Waals surface area contributed by atoms with Crippen molar-refractivity contribution in [2.45, 2.75) is 19.7 Å². The van der Waals surface area contributed by atoms with Gasteiger partial charge in [0, 0.05) is 12.5 Å². The maximum absolute atomic E-state index is 12.1. The van der Waals surface area contributed by atoms with Crippen molar-refractivity contribution < 1.29 is 22.4 Å². The summed E-state index contributed by atoms with van der Waals surface area (Å²) < 4.78 is 44.9. The molecule has 1 heterocycles. The third kappa shape index (κ3) is 3.51. The summed E-state index contributed by atoms with van der Waals surface area (Å²) in [5.41, 5.74) is 1.33. The molecule has 0 spiro atoms. The number of nitrogens with zero attached hydrogens (tertiary/aromatic N) is 1. The average molecular weight is 257 g/mol. The Kier molecular flexibility index (Phi) is 3.27. The molecular weight excluding hydrogens is 247 g/mol. The first kappa shape index (κ1) is 12.5. The molecule has 0 atom stereocenters. The van der Waals surface area contributed by atoms with Gasteiger partial charge >= 0.3 is 6.36 Å². The molecule has 0 aliphatic rings. The van der Waals surface area contributed by atoms with Gasteiger partial charge in [-0.3, -0.25) is 0 Å². The van der Waals surface area contributed by atoms with E-state index in [-0.39, 0.29) is 5.75 Å². The number of rotatable bonds is 3. The van der Waals surface area contributed by atoms with Crippen LogP contribution in [0.1, 0.15) is 17.0 Å². The number of aromatic nitrogens is 1. The van der Waals surface area contributed by atoms with E-state index in [0.717, 1.165) is 0 Å². The Hall–Kier alpha value is -1.98. The maximum atomic E-state index is 12.1. The Morgan fingerprint density at radius 2 is 2.06 bits per heavy atom. The molecule has 0 radical (unpaired) electrons. The number of alkyl halides is 3. The first-order valence-corrected chi connectivity index (χ1v) is 5.19. The van der Waals surface area contributed by atoms with E-state index in [9.17, 15) is 13.2 Å². The zero-order valence-corrected chi connectivity index (χ0v) is 9.49. The second-order valence-corrected chi connectivity index (χ2v) is 3.80. The fraction of sp³-hybridized carbons (Fsp3) is 0.250. The van der Waals surface area contributed by atoms with Crippen LogP contribution in [0.3, 0.4) is 0 Å². The van der Waals surface area contributed by atoms with E-state index in [1.54, 1.807) is 19.1 Å². The van der Waals surface area contributed by atoms with Gasteiger partial charge in [-0.2, -0.15) is 0 Å². The summed E-state index contributed by atoms with van der Waals surface area (Å²) in [6.45, 7) is 1.75. The van der Waals surface area contributed by atoms with E-state index >= 15 is 0 Å². The summed E-state index contributed by atoms with van der Waals surface area (Å²) in [5.74, 6) is 0.424. The summed E-state index contributed by atoms with van der Waals surface area (Å²) in [6, 6.07) is 7.52. The number of hydrogen-bond donors (Lipinski definition) is 0. The minimum absolute atomic E-state index is 0.236. The minimum Gasteiger partial charge on any atom is -0.406 e. The monoisotopic (exact) mass is 257 g/mol. The largest absolute Gasteiger partial charge is 0.573 e. The highest BCUT2D eigenvalue weighted by atomic mass is 19.4. The summed E-state index contributed by atoms with van der Waals surface area (Å²) in [6.07, 6.45) is -4.28. The van der Waals surface area contributed by atoms with Crippen molar-refractivity contribution in [3.8, 4) is 5.75 Å². The van der Waals surface area contributed by atoms with Gasteiger partial charge in [0.2, 0.25) is 0 Å². The maximum Gasteiger partial charge on any atom is 0.573 e. The highest BCUT2D eigenvalue weighted by Crippen LogP contribution is 2.24. The molecule has 2 aromatic rings. The molecule has 0 saturated heterocycles. The van der Waals surface area contributed by atoms with Crippen LogP contribution in [0, 0.1) is 6.92 Å². The Bertz CT molecular complexity index is 534. The van der Waals surface area contributed by atoms with Crippen molar-refractivity contribution >= 4 is 0 Å². The predicted octanol–water partition coefficient (Wildman–Crippen LogP) is 3.47. The highest BCUT2D eigenvalue weighted by Gasteiger charge is 2.31. The van der Waals surface area contributed by atoms with Crippen LogP contribution < -0.4 is 4.74 Å². The number of ether oxygens (including phenoxy) is 1. The van der Waals surface area contributed by atoms with E-state index in [4.69, 9.17) is 4.52 Å². The van der Waals surface area contributed by atoms with E-state index in [1.807, 2.05) is 0 Å². The van der Waals surface area contributed by atoms with Gasteiger partial charge in [0.1, 0.15) is 11.5 Å². The fourth-order valence-electron chi connectivity index (χ4n) is 1.56. The van der Waals surface area contributed by atoms with Crippen molar-refractivity contribution in [3.05, 3.63) is 47.3 Å². The van der Waals surface area contributed by atoms with Crippen molar-refractivity contribution in [1.29, 1.82) is 0 Å². The molecule has 0 fully saturated rings. The van der Waals surface area contributed by atoms with Gasteiger partial charge in [0.05, 0.1) is 5.69 Å². The topological polar surface area (TPSA) is 35.3 Å². The van der Waals surface area contributed by atoms with Crippen LogP contribution in [-0.4, -0.2) is 11.5 Å². The Balaban J connectivity index is 2.12. The number of benzene rings is 1. The van der Waals surface area contributed by atoms with Gasteiger partial charge in [-0.1, -0.05) is 17.3 Å². The quantitative estimate of drug-likeness (QED) is 0.844. The molecule has 1 aromatic carbocycles. The van der Waals surface area contributed by atoms with E-state index in [1.165, 1.54) is 18.2 Å². The Morgan fingerprint density at radius 3 is 2.67 bits per heavy atom. The first-order valence-electron chi connectivity index (χ1n) is 5.19. The molecular formula is C12H10F3NO2. The lowest BCUT2D eigenvalue weighted by atomic mass is 10.1. The molecule has 0 N–H and O–H groups in total. The van der Waals surface area contributed by atoms with Crippen LogP contribution in [0.25, 0.3) is 0 Å².